The van der Waals surface area contributed by atoms with Crippen LogP contribution in [-0.2, 0) is 10.8 Å². The highest BCUT2D eigenvalue weighted by molar-refractivity contribution is 7.14. The Morgan fingerprint density at radius 1 is 0.571 bits per heavy atom. The van der Waals surface area contributed by atoms with Crippen LogP contribution in [0.15, 0.2) is 48.5 Å². The second-order valence-corrected chi connectivity index (χ2v) is 11.2. The van der Waals surface area contributed by atoms with Gasteiger partial charge in [-0.3, -0.25) is 9.59 Å². The maximum Gasteiger partial charge on any atom is 0.202 e. The molecule has 3 rings (SSSR count). The van der Waals surface area contributed by atoms with Gasteiger partial charge in [-0.2, -0.15) is 0 Å². The van der Waals surface area contributed by atoms with Crippen molar-refractivity contribution in [2.24, 2.45) is 0 Å². The molecule has 0 unspecified atom stereocenters. The van der Waals surface area contributed by atoms with Gasteiger partial charge in [0.15, 0.2) is 0 Å². The van der Waals surface area contributed by atoms with E-state index in [9.17, 15) is 9.59 Å². The zero-order valence-electron chi connectivity index (χ0n) is 17.3. The largest absolute Gasteiger partial charge is 0.288 e. The molecule has 146 valence electrons. The molecule has 0 amide bonds. The van der Waals surface area contributed by atoms with Crippen LogP contribution < -0.4 is 0 Å². The fourth-order valence-electron chi connectivity index (χ4n) is 2.78. The van der Waals surface area contributed by atoms with Gasteiger partial charge in [0.1, 0.15) is 0 Å². The Kier molecular flexibility index (Phi) is 5.48. The van der Waals surface area contributed by atoms with Crippen LogP contribution >= 0.6 is 22.7 Å². The molecule has 0 atom stereocenters. The molecule has 0 aliphatic carbocycles. The normalized spacial score (nSPS) is 12.2. The van der Waals surface area contributed by atoms with E-state index in [1.54, 1.807) is 46.9 Å². The summed E-state index contributed by atoms with van der Waals surface area (Å²) in [7, 11) is 0. The first-order valence-corrected chi connectivity index (χ1v) is 11.0. The summed E-state index contributed by atoms with van der Waals surface area (Å²) in [6, 6.07) is 14.9. The molecule has 28 heavy (non-hydrogen) atoms. The van der Waals surface area contributed by atoms with Crippen LogP contribution in [0.5, 0.6) is 0 Å². The summed E-state index contributed by atoms with van der Waals surface area (Å²) >= 11 is 3.08. The lowest BCUT2D eigenvalue weighted by atomic mass is 9.95. The first-order valence-electron chi connectivity index (χ1n) is 9.37. The monoisotopic (exact) mass is 410 g/mol. The molecule has 3 aromatic rings. The minimum absolute atomic E-state index is 0.00522. The molecule has 0 fully saturated rings. The SMILES string of the molecule is CC(C)(C)c1ccc(C(=O)c2ccc(C(=O)c3ccc(C(C)(C)C)s3)cc2)s1. The van der Waals surface area contributed by atoms with Crippen molar-refractivity contribution in [1.82, 2.24) is 0 Å². The summed E-state index contributed by atoms with van der Waals surface area (Å²) in [5.41, 5.74) is 1.29. The lowest BCUT2D eigenvalue weighted by Gasteiger charge is -2.15. The second kappa shape index (κ2) is 7.41. The minimum Gasteiger partial charge on any atom is -0.288 e. The van der Waals surface area contributed by atoms with Crippen molar-refractivity contribution in [3.05, 3.63) is 79.2 Å². The van der Waals surface area contributed by atoms with E-state index in [0.717, 1.165) is 9.75 Å². The number of hydrogen-bond acceptors (Lipinski definition) is 4. The Labute approximate surface area is 175 Å². The van der Waals surface area contributed by atoms with E-state index < -0.39 is 0 Å². The van der Waals surface area contributed by atoms with Crippen LogP contribution in [0.4, 0.5) is 0 Å². The molecule has 4 heteroatoms. The van der Waals surface area contributed by atoms with Crippen molar-refractivity contribution in [3.63, 3.8) is 0 Å². The molecular formula is C24H26O2S2. The van der Waals surface area contributed by atoms with Gasteiger partial charge in [-0.05, 0) is 35.1 Å². The van der Waals surface area contributed by atoms with Crippen LogP contribution in [0.3, 0.4) is 0 Å². The third-order valence-corrected chi connectivity index (χ3v) is 7.57. The van der Waals surface area contributed by atoms with Gasteiger partial charge in [-0.1, -0.05) is 65.8 Å². The first-order chi connectivity index (χ1) is 13.0. The summed E-state index contributed by atoms with van der Waals surface area (Å²) in [6.45, 7) is 12.9. The van der Waals surface area contributed by atoms with Crippen molar-refractivity contribution in [2.75, 3.05) is 0 Å². The predicted molar refractivity (Wildman–Crippen MR) is 119 cm³/mol. The molecule has 1 aromatic carbocycles. The Bertz CT molecular complexity index is 923. The molecule has 0 aliphatic heterocycles. The summed E-state index contributed by atoms with van der Waals surface area (Å²) in [4.78, 5) is 29.4. The van der Waals surface area contributed by atoms with E-state index in [4.69, 9.17) is 0 Å². The molecule has 0 bridgehead atoms. The van der Waals surface area contributed by atoms with Gasteiger partial charge in [0.05, 0.1) is 9.75 Å². The standard InChI is InChI=1S/C24H26O2S2/c1-23(2,3)19-13-11-17(27-19)21(25)15-7-9-16(10-8-15)22(26)18-12-14-20(28-18)24(4,5)6/h7-14H,1-6H3. The van der Waals surface area contributed by atoms with Crippen molar-refractivity contribution in [3.8, 4) is 0 Å². The van der Waals surface area contributed by atoms with Crippen LogP contribution in [0.2, 0.25) is 0 Å². The number of thiophene rings is 2. The van der Waals surface area contributed by atoms with E-state index in [2.05, 4.69) is 41.5 Å². The molecule has 0 N–H and O–H groups in total. The molecule has 0 saturated heterocycles. The molecule has 0 aliphatic rings. The second-order valence-electron chi connectivity index (χ2n) is 9.06. The van der Waals surface area contributed by atoms with Crippen LogP contribution in [-0.4, -0.2) is 11.6 Å². The van der Waals surface area contributed by atoms with Crippen LogP contribution in [0.25, 0.3) is 0 Å². The molecule has 0 spiro atoms. The smallest absolute Gasteiger partial charge is 0.202 e. The average Bonchev–Trinajstić information content (AvgIpc) is 3.29. The number of benzene rings is 1. The quantitative estimate of drug-likeness (QED) is 0.440. The third-order valence-electron chi connectivity index (χ3n) is 4.55. The summed E-state index contributed by atoms with van der Waals surface area (Å²) < 4.78 is 0. The molecular weight excluding hydrogens is 384 g/mol. The number of ketones is 2. The zero-order chi connectivity index (χ0) is 20.7. The van der Waals surface area contributed by atoms with E-state index >= 15 is 0 Å². The highest BCUT2D eigenvalue weighted by Crippen LogP contribution is 2.32. The predicted octanol–water partition coefficient (Wildman–Crippen LogP) is 6.87. The van der Waals surface area contributed by atoms with Crippen molar-refractivity contribution in [2.45, 2.75) is 52.4 Å². The number of carbonyl (C=O) groups excluding carboxylic acids is 2. The van der Waals surface area contributed by atoms with Gasteiger partial charge in [-0.25, -0.2) is 0 Å². The Morgan fingerprint density at radius 3 is 1.14 bits per heavy atom. The van der Waals surface area contributed by atoms with Gasteiger partial charge in [-0.15, -0.1) is 22.7 Å². The Hall–Kier alpha value is -2.04. The fourth-order valence-corrected chi connectivity index (χ4v) is 4.84. The van der Waals surface area contributed by atoms with Crippen LogP contribution in [0, 0.1) is 0 Å². The Morgan fingerprint density at radius 2 is 0.893 bits per heavy atom. The lowest BCUT2D eigenvalue weighted by Crippen LogP contribution is -2.08. The number of hydrogen-bond donors (Lipinski definition) is 0. The zero-order valence-corrected chi connectivity index (χ0v) is 18.9. The average molecular weight is 411 g/mol. The highest BCUT2D eigenvalue weighted by Gasteiger charge is 2.21. The molecule has 0 saturated carbocycles. The maximum absolute atomic E-state index is 12.8. The van der Waals surface area contributed by atoms with Crippen LogP contribution in [0.1, 0.15) is 81.8 Å². The molecule has 2 aromatic heterocycles. The number of carbonyl (C=O) groups is 2. The topological polar surface area (TPSA) is 34.1 Å². The van der Waals surface area contributed by atoms with E-state index in [1.807, 2.05) is 24.3 Å². The highest BCUT2D eigenvalue weighted by atomic mass is 32.1. The first kappa shape index (κ1) is 20.7. The van der Waals surface area contributed by atoms with Crippen molar-refractivity contribution in [1.29, 1.82) is 0 Å². The minimum atomic E-state index is 0.00522. The van der Waals surface area contributed by atoms with E-state index in [0.29, 0.717) is 11.1 Å². The van der Waals surface area contributed by atoms with Gasteiger partial charge in [0.2, 0.25) is 11.6 Å². The Balaban J connectivity index is 1.79. The molecule has 0 radical (unpaired) electrons. The third kappa shape index (κ3) is 4.34. The van der Waals surface area contributed by atoms with E-state index in [-0.39, 0.29) is 22.4 Å². The van der Waals surface area contributed by atoms with E-state index in [1.165, 1.54) is 9.75 Å². The molecule has 2 heterocycles. The van der Waals surface area contributed by atoms with Gasteiger partial charge < -0.3 is 0 Å². The van der Waals surface area contributed by atoms with Gasteiger partial charge in [0.25, 0.3) is 0 Å². The van der Waals surface area contributed by atoms with Gasteiger partial charge in [0, 0.05) is 20.9 Å². The number of rotatable bonds is 4. The lowest BCUT2D eigenvalue weighted by molar-refractivity contribution is 0.103. The maximum atomic E-state index is 12.8. The summed E-state index contributed by atoms with van der Waals surface area (Å²) in [5.74, 6) is 0.0104. The fraction of sp³-hybridized carbons (Fsp3) is 0.333. The summed E-state index contributed by atoms with van der Waals surface area (Å²) in [5, 5.41) is 0. The van der Waals surface area contributed by atoms with Crippen molar-refractivity contribution >= 4 is 34.2 Å². The molecule has 2 nitrogen and oxygen atoms in total. The van der Waals surface area contributed by atoms with Gasteiger partial charge >= 0.3 is 0 Å². The summed E-state index contributed by atoms with van der Waals surface area (Å²) in [6.07, 6.45) is 0. The van der Waals surface area contributed by atoms with Crippen molar-refractivity contribution < 1.29 is 9.59 Å².